The van der Waals surface area contributed by atoms with E-state index in [1.54, 1.807) is 11.3 Å². The molecule has 19 heavy (non-hydrogen) atoms. The molecule has 0 radical (unpaired) electrons. The molecule has 0 spiro atoms. The fourth-order valence-electron chi connectivity index (χ4n) is 2.45. The van der Waals surface area contributed by atoms with Crippen molar-refractivity contribution in [2.24, 2.45) is 5.92 Å². The average Bonchev–Trinajstić information content (AvgIpc) is 2.83. The molecule has 1 saturated heterocycles. The maximum Gasteiger partial charge on any atom is 0.220 e. The number of thiazole rings is 1. The second kappa shape index (κ2) is 7.60. The van der Waals surface area contributed by atoms with Gasteiger partial charge in [-0.3, -0.25) is 4.79 Å². The van der Waals surface area contributed by atoms with E-state index >= 15 is 0 Å². The van der Waals surface area contributed by atoms with Crippen molar-refractivity contribution in [3.63, 3.8) is 0 Å². The summed E-state index contributed by atoms with van der Waals surface area (Å²) in [5.74, 6) is 0.915. The van der Waals surface area contributed by atoms with Crippen molar-refractivity contribution < 1.29 is 4.79 Å². The van der Waals surface area contributed by atoms with Gasteiger partial charge in [-0.2, -0.15) is 0 Å². The van der Waals surface area contributed by atoms with Crippen molar-refractivity contribution in [1.82, 2.24) is 15.6 Å². The first kappa shape index (κ1) is 14.5. The van der Waals surface area contributed by atoms with Gasteiger partial charge in [0.15, 0.2) is 0 Å². The Labute approximate surface area is 119 Å². The number of hydrogen-bond donors (Lipinski definition) is 2. The predicted octanol–water partition coefficient (Wildman–Crippen LogP) is 1.89. The van der Waals surface area contributed by atoms with E-state index < -0.39 is 0 Å². The second-order valence-corrected chi connectivity index (χ2v) is 6.25. The number of nitrogens with one attached hydrogen (secondary N) is 2. The Morgan fingerprint density at radius 1 is 1.53 bits per heavy atom. The Morgan fingerprint density at radius 3 is 3.00 bits per heavy atom. The summed E-state index contributed by atoms with van der Waals surface area (Å²) in [6.07, 6.45) is 4.96. The van der Waals surface area contributed by atoms with E-state index in [9.17, 15) is 4.79 Å². The molecule has 1 aromatic heterocycles. The van der Waals surface area contributed by atoms with Gasteiger partial charge in [0.05, 0.1) is 10.7 Å². The zero-order valence-corrected chi connectivity index (χ0v) is 12.4. The Morgan fingerprint density at radius 2 is 2.32 bits per heavy atom. The zero-order valence-electron chi connectivity index (χ0n) is 11.6. The largest absolute Gasteiger partial charge is 0.356 e. The average molecular weight is 281 g/mol. The van der Waals surface area contributed by atoms with Crippen LogP contribution < -0.4 is 10.6 Å². The number of hydrogen-bond acceptors (Lipinski definition) is 4. The Kier molecular flexibility index (Phi) is 5.79. The zero-order chi connectivity index (χ0) is 13.5. The van der Waals surface area contributed by atoms with Crippen molar-refractivity contribution in [3.8, 4) is 0 Å². The highest BCUT2D eigenvalue weighted by atomic mass is 32.1. The molecule has 2 N–H and O–H groups in total. The van der Waals surface area contributed by atoms with Gasteiger partial charge in [-0.1, -0.05) is 0 Å². The molecule has 0 saturated carbocycles. The SMILES string of the molecule is Cc1nc(CCNC(=O)CCC2CCNCC2)cs1. The monoisotopic (exact) mass is 281 g/mol. The molecule has 1 aliphatic rings. The van der Waals surface area contributed by atoms with E-state index in [1.807, 2.05) is 6.92 Å². The van der Waals surface area contributed by atoms with Crippen LogP contribution in [0.2, 0.25) is 0 Å². The number of carbonyl (C=O) groups is 1. The maximum atomic E-state index is 11.7. The van der Waals surface area contributed by atoms with Crippen LogP contribution in [0.3, 0.4) is 0 Å². The molecule has 0 unspecified atom stereocenters. The Balaban J connectivity index is 1.56. The highest BCUT2D eigenvalue weighted by Crippen LogP contribution is 2.17. The molecule has 1 fully saturated rings. The summed E-state index contributed by atoms with van der Waals surface area (Å²) in [6.45, 7) is 4.92. The van der Waals surface area contributed by atoms with Crippen molar-refractivity contribution in [2.75, 3.05) is 19.6 Å². The molecule has 4 nitrogen and oxygen atoms in total. The lowest BCUT2D eigenvalue weighted by atomic mass is 9.93. The summed E-state index contributed by atoms with van der Waals surface area (Å²) in [5, 5.41) is 9.50. The molecule has 0 aromatic carbocycles. The molecule has 1 aliphatic heterocycles. The lowest BCUT2D eigenvalue weighted by molar-refractivity contribution is -0.121. The molecule has 0 atom stereocenters. The van der Waals surface area contributed by atoms with Crippen LogP contribution in [0.4, 0.5) is 0 Å². The van der Waals surface area contributed by atoms with E-state index in [4.69, 9.17) is 0 Å². The number of amides is 1. The molecule has 5 heteroatoms. The number of carbonyl (C=O) groups excluding carboxylic acids is 1. The summed E-state index contributed by atoms with van der Waals surface area (Å²) >= 11 is 1.66. The first-order valence-electron chi connectivity index (χ1n) is 7.12. The minimum absolute atomic E-state index is 0.186. The Bertz CT molecular complexity index is 399. The first-order valence-corrected chi connectivity index (χ1v) is 8.00. The molecule has 2 rings (SSSR count). The molecular weight excluding hydrogens is 258 g/mol. The molecule has 2 heterocycles. The fourth-order valence-corrected chi connectivity index (χ4v) is 3.09. The van der Waals surface area contributed by atoms with Crippen LogP contribution >= 0.6 is 11.3 Å². The minimum Gasteiger partial charge on any atom is -0.356 e. The van der Waals surface area contributed by atoms with Crippen LogP contribution in [0, 0.1) is 12.8 Å². The van der Waals surface area contributed by atoms with Gasteiger partial charge in [0.25, 0.3) is 0 Å². The van der Waals surface area contributed by atoms with Crippen LogP contribution in [0.25, 0.3) is 0 Å². The van der Waals surface area contributed by atoms with Gasteiger partial charge in [-0.15, -0.1) is 11.3 Å². The van der Waals surface area contributed by atoms with Crippen LogP contribution in [0.1, 0.15) is 36.4 Å². The van der Waals surface area contributed by atoms with E-state index in [0.717, 1.165) is 42.6 Å². The fraction of sp³-hybridized carbons (Fsp3) is 0.714. The maximum absolute atomic E-state index is 11.7. The molecular formula is C14H23N3OS. The topological polar surface area (TPSA) is 54.0 Å². The van der Waals surface area contributed by atoms with Gasteiger partial charge in [-0.25, -0.2) is 4.98 Å². The van der Waals surface area contributed by atoms with Gasteiger partial charge in [0.2, 0.25) is 5.91 Å². The highest BCUT2D eigenvalue weighted by molar-refractivity contribution is 7.09. The normalized spacial score (nSPS) is 16.5. The van der Waals surface area contributed by atoms with E-state index in [1.165, 1.54) is 12.8 Å². The smallest absolute Gasteiger partial charge is 0.220 e. The van der Waals surface area contributed by atoms with E-state index in [2.05, 4.69) is 21.0 Å². The Hall–Kier alpha value is -0.940. The number of aromatic nitrogens is 1. The third-order valence-electron chi connectivity index (χ3n) is 3.61. The van der Waals surface area contributed by atoms with Crippen molar-refractivity contribution in [1.29, 1.82) is 0 Å². The standard InChI is InChI=1S/C14H23N3OS/c1-11-17-13(10-19-11)6-9-16-14(18)3-2-12-4-7-15-8-5-12/h10,12,15H,2-9H2,1H3,(H,16,18). The van der Waals surface area contributed by atoms with Gasteiger partial charge >= 0.3 is 0 Å². The van der Waals surface area contributed by atoms with Gasteiger partial charge in [0.1, 0.15) is 0 Å². The van der Waals surface area contributed by atoms with Crippen LogP contribution in [0.15, 0.2) is 5.38 Å². The molecule has 0 bridgehead atoms. The summed E-state index contributed by atoms with van der Waals surface area (Å²) in [6, 6.07) is 0. The number of piperidine rings is 1. The van der Waals surface area contributed by atoms with Gasteiger partial charge in [0, 0.05) is 24.8 Å². The summed E-state index contributed by atoms with van der Waals surface area (Å²) in [4.78, 5) is 16.1. The van der Waals surface area contributed by atoms with Crippen LogP contribution in [-0.2, 0) is 11.2 Å². The molecule has 1 amide bonds. The number of rotatable bonds is 6. The first-order chi connectivity index (χ1) is 9.24. The second-order valence-electron chi connectivity index (χ2n) is 5.19. The van der Waals surface area contributed by atoms with E-state index in [0.29, 0.717) is 13.0 Å². The van der Waals surface area contributed by atoms with Gasteiger partial charge in [-0.05, 0) is 45.2 Å². The van der Waals surface area contributed by atoms with Crippen LogP contribution in [-0.4, -0.2) is 30.5 Å². The van der Waals surface area contributed by atoms with Gasteiger partial charge < -0.3 is 10.6 Å². The molecule has 1 aromatic rings. The van der Waals surface area contributed by atoms with E-state index in [-0.39, 0.29) is 5.91 Å². The van der Waals surface area contributed by atoms with Crippen molar-refractivity contribution in [2.45, 2.75) is 39.0 Å². The number of aryl methyl sites for hydroxylation is 1. The minimum atomic E-state index is 0.186. The summed E-state index contributed by atoms with van der Waals surface area (Å²) in [5.41, 5.74) is 1.08. The third kappa shape index (κ3) is 5.28. The number of nitrogens with zero attached hydrogens (tertiary/aromatic N) is 1. The summed E-state index contributed by atoms with van der Waals surface area (Å²) < 4.78 is 0. The highest BCUT2D eigenvalue weighted by Gasteiger charge is 2.14. The molecule has 0 aliphatic carbocycles. The predicted molar refractivity (Wildman–Crippen MR) is 78.4 cm³/mol. The lowest BCUT2D eigenvalue weighted by Crippen LogP contribution is -2.30. The molecule has 106 valence electrons. The quantitative estimate of drug-likeness (QED) is 0.837. The lowest BCUT2D eigenvalue weighted by Gasteiger charge is -2.22. The van der Waals surface area contributed by atoms with Crippen LogP contribution in [0.5, 0.6) is 0 Å². The van der Waals surface area contributed by atoms with Crippen molar-refractivity contribution in [3.05, 3.63) is 16.1 Å². The summed E-state index contributed by atoms with van der Waals surface area (Å²) in [7, 11) is 0. The van der Waals surface area contributed by atoms with Crippen molar-refractivity contribution >= 4 is 17.2 Å². The third-order valence-corrected chi connectivity index (χ3v) is 4.43.